The lowest BCUT2D eigenvalue weighted by Gasteiger charge is -2.12. The monoisotopic (exact) mass is 557 g/mol. The number of aryl methyl sites for hydroxylation is 1. The summed E-state index contributed by atoms with van der Waals surface area (Å²) in [5, 5.41) is 13.1. The van der Waals surface area contributed by atoms with Crippen molar-refractivity contribution in [3.63, 3.8) is 0 Å². The molecule has 10 aromatic rings. The van der Waals surface area contributed by atoms with E-state index in [-0.39, 0.29) is 0 Å². The van der Waals surface area contributed by atoms with E-state index in [9.17, 15) is 0 Å². The molecule has 0 aliphatic heterocycles. The molecule has 0 unspecified atom stereocenters. The van der Waals surface area contributed by atoms with E-state index < -0.39 is 0 Å². The molecule has 0 saturated heterocycles. The molecule has 204 valence electrons. The fraction of sp³-hybridized carbons (Fsp3) is 0.0233. The van der Waals surface area contributed by atoms with Gasteiger partial charge in [0.2, 0.25) is 0 Å². The van der Waals surface area contributed by atoms with E-state index in [0.717, 1.165) is 0 Å². The van der Waals surface area contributed by atoms with Crippen molar-refractivity contribution < 1.29 is 0 Å². The molecule has 0 fully saturated rings. The average Bonchev–Trinajstić information content (AvgIpc) is 3.59. The molecule has 2 aromatic heterocycles. The van der Waals surface area contributed by atoms with Crippen molar-refractivity contribution in [3.8, 4) is 22.3 Å². The van der Waals surface area contributed by atoms with Crippen LogP contribution in [0.2, 0.25) is 0 Å². The summed E-state index contributed by atoms with van der Waals surface area (Å²) in [6, 6.07) is 54.1. The number of aromatic nitrogens is 1. The Hall–Kier alpha value is -5.66. The molecule has 8 aromatic carbocycles. The van der Waals surface area contributed by atoms with Crippen molar-refractivity contribution in [2.75, 3.05) is 0 Å². The molecule has 2 heterocycles. The van der Waals surface area contributed by atoms with E-state index in [1.807, 2.05) is 0 Å². The average molecular weight is 558 g/mol. The van der Waals surface area contributed by atoms with Gasteiger partial charge in [0.25, 0.3) is 0 Å². The van der Waals surface area contributed by atoms with Crippen molar-refractivity contribution >= 4 is 70.4 Å². The van der Waals surface area contributed by atoms with Gasteiger partial charge >= 0.3 is 0 Å². The summed E-state index contributed by atoms with van der Waals surface area (Å²) in [7, 11) is 0. The fourth-order valence-electron chi connectivity index (χ4n) is 7.75. The number of nitrogens with zero attached hydrogens (tertiary/aromatic N) is 1. The lowest BCUT2D eigenvalue weighted by Crippen LogP contribution is -1.86. The highest BCUT2D eigenvalue weighted by Gasteiger charge is 2.19. The van der Waals surface area contributed by atoms with Gasteiger partial charge in [-0.3, -0.25) is 0 Å². The van der Waals surface area contributed by atoms with Crippen molar-refractivity contribution in [1.82, 2.24) is 4.40 Å². The van der Waals surface area contributed by atoms with Crippen LogP contribution in [0, 0.1) is 6.92 Å². The van der Waals surface area contributed by atoms with Crippen LogP contribution in [0.1, 0.15) is 5.56 Å². The molecule has 0 atom stereocenters. The van der Waals surface area contributed by atoms with Crippen LogP contribution in [0.5, 0.6) is 0 Å². The highest BCUT2D eigenvalue weighted by Crippen LogP contribution is 2.43. The van der Waals surface area contributed by atoms with Crippen molar-refractivity contribution in [2.45, 2.75) is 6.92 Å². The van der Waals surface area contributed by atoms with Crippen LogP contribution >= 0.6 is 0 Å². The van der Waals surface area contributed by atoms with Crippen LogP contribution in [-0.2, 0) is 0 Å². The van der Waals surface area contributed by atoms with Crippen molar-refractivity contribution in [1.29, 1.82) is 0 Å². The molecular formula is C43H27N. The lowest BCUT2D eigenvalue weighted by atomic mass is 9.91. The second-order valence-corrected chi connectivity index (χ2v) is 12.2. The van der Waals surface area contributed by atoms with Gasteiger partial charge in [-0.25, -0.2) is 0 Å². The summed E-state index contributed by atoms with van der Waals surface area (Å²) >= 11 is 0. The molecule has 0 N–H and O–H groups in total. The van der Waals surface area contributed by atoms with Crippen LogP contribution in [0.3, 0.4) is 0 Å². The predicted octanol–water partition coefficient (Wildman–Crippen LogP) is 11.9. The highest BCUT2D eigenvalue weighted by atomic mass is 14.9. The summed E-state index contributed by atoms with van der Waals surface area (Å²) in [6.07, 6.45) is 0. The predicted molar refractivity (Wildman–Crippen MR) is 189 cm³/mol. The van der Waals surface area contributed by atoms with Crippen LogP contribution in [-0.4, -0.2) is 4.40 Å². The van der Waals surface area contributed by atoms with E-state index >= 15 is 0 Å². The first-order valence-electron chi connectivity index (χ1n) is 15.4. The minimum atomic E-state index is 1.23. The van der Waals surface area contributed by atoms with E-state index in [1.54, 1.807) is 0 Å². The first-order chi connectivity index (χ1) is 21.7. The molecule has 0 amide bonds. The molecular weight excluding hydrogens is 530 g/mol. The molecule has 10 rings (SSSR count). The Morgan fingerprint density at radius 1 is 0.318 bits per heavy atom. The minimum Gasteiger partial charge on any atom is -0.308 e. The second kappa shape index (κ2) is 8.69. The quantitative estimate of drug-likeness (QED) is 0.186. The maximum absolute atomic E-state index is 2.46. The molecule has 0 aliphatic carbocycles. The third kappa shape index (κ3) is 3.19. The van der Waals surface area contributed by atoms with Crippen LogP contribution in [0.25, 0.3) is 92.7 Å². The zero-order chi connectivity index (χ0) is 28.9. The number of hydrogen-bond donors (Lipinski definition) is 0. The molecule has 0 aliphatic rings. The summed E-state index contributed by atoms with van der Waals surface area (Å²) in [5.74, 6) is 0. The third-order valence-electron chi connectivity index (χ3n) is 9.73. The minimum absolute atomic E-state index is 1.23. The van der Waals surface area contributed by atoms with Gasteiger partial charge in [0.05, 0.1) is 16.6 Å². The zero-order valence-corrected chi connectivity index (χ0v) is 24.3. The Balaban J connectivity index is 1.21. The van der Waals surface area contributed by atoms with Gasteiger partial charge in [-0.2, -0.15) is 0 Å². The number of para-hydroxylation sites is 1. The largest absolute Gasteiger partial charge is 0.308 e. The molecule has 0 saturated carbocycles. The van der Waals surface area contributed by atoms with E-state index in [4.69, 9.17) is 0 Å². The molecule has 0 bridgehead atoms. The van der Waals surface area contributed by atoms with E-state index in [2.05, 4.69) is 157 Å². The van der Waals surface area contributed by atoms with E-state index in [0.29, 0.717) is 0 Å². The zero-order valence-electron chi connectivity index (χ0n) is 24.3. The lowest BCUT2D eigenvalue weighted by molar-refractivity contribution is 1.36. The Labute approximate surface area is 254 Å². The van der Waals surface area contributed by atoms with Crippen molar-refractivity contribution in [3.05, 3.63) is 151 Å². The smallest absolute Gasteiger partial charge is 0.0620 e. The standard InChI is InChI=1S/C43H27N/c1-26-17-20-42-38(21-26)40-25-30(24-39-36-15-6-7-16-41(36)44(42)43(39)40)28-10-8-9-27(22-28)29-18-19-35-33-13-3-2-11-31(33)32-12-4-5-14-34(32)37(35)23-29/h2-25H,1H3. The Morgan fingerprint density at radius 3 is 1.57 bits per heavy atom. The Kier molecular flexibility index (Phi) is 4.71. The number of fused-ring (bicyclic) bond motifs is 12. The van der Waals surface area contributed by atoms with Crippen molar-refractivity contribution in [2.24, 2.45) is 0 Å². The number of hydrogen-bond acceptors (Lipinski definition) is 0. The molecule has 0 spiro atoms. The van der Waals surface area contributed by atoms with Gasteiger partial charge in [-0.15, -0.1) is 0 Å². The Morgan fingerprint density at radius 2 is 0.841 bits per heavy atom. The van der Waals surface area contributed by atoms with Gasteiger partial charge in [-0.1, -0.05) is 109 Å². The maximum atomic E-state index is 2.46. The second-order valence-electron chi connectivity index (χ2n) is 12.2. The van der Waals surface area contributed by atoms with Gasteiger partial charge < -0.3 is 4.40 Å². The first-order valence-corrected chi connectivity index (χ1v) is 15.4. The van der Waals surface area contributed by atoms with Gasteiger partial charge in [0.15, 0.2) is 0 Å². The summed E-state index contributed by atoms with van der Waals surface area (Å²) in [4.78, 5) is 0. The summed E-state index contributed by atoms with van der Waals surface area (Å²) < 4.78 is 2.46. The van der Waals surface area contributed by atoms with Gasteiger partial charge in [0.1, 0.15) is 0 Å². The third-order valence-corrected chi connectivity index (χ3v) is 9.73. The van der Waals surface area contributed by atoms with Gasteiger partial charge in [0, 0.05) is 21.5 Å². The molecule has 0 radical (unpaired) electrons. The van der Waals surface area contributed by atoms with Gasteiger partial charge in [-0.05, 0) is 104 Å². The Bertz CT molecular complexity index is 2740. The normalized spacial score (nSPS) is 12.2. The first kappa shape index (κ1) is 23.9. The fourth-order valence-corrected chi connectivity index (χ4v) is 7.75. The maximum Gasteiger partial charge on any atom is 0.0620 e. The molecule has 1 heteroatoms. The van der Waals surface area contributed by atoms with Crippen LogP contribution in [0.15, 0.2) is 146 Å². The van der Waals surface area contributed by atoms with Crippen LogP contribution in [0.4, 0.5) is 0 Å². The molecule has 44 heavy (non-hydrogen) atoms. The highest BCUT2D eigenvalue weighted by molar-refractivity contribution is 6.26. The number of rotatable bonds is 2. The molecule has 1 nitrogen and oxygen atoms in total. The number of benzene rings is 8. The summed E-state index contributed by atoms with van der Waals surface area (Å²) in [5.41, 5.74) is 10.1. The topological polar surface area (TPSA) is 4.41 Å². The summed E-state index contributed by atoms with van der Waals surface area (Å²) in [6.45, 7) is 2.19. The van der Waals surface area contributed by atoms with Crippen LogP contribution < -0.4 is 0 Å². The SMILES string of the molecule is Cc1ccc2c(c1)c1cc(-c3cccc(-c4ccc5c6ccccc6c6ccccc6c5c4)c3)cc3c4ccccc4n2c31. The van der Waals surface area contributed by atoms with E-state index in [1.165, 1.54) is 98.2 Å².